The third kappa shape index (κ3) is 4.73. The lowest BCUT2D eigenvalue weighted by Crippen LogP contribution is -2.24. The van der Waals surface area contributed by atoms with Gasteiger partial charge in [-0.2, -0.15) is 0 Å². The SMILES string of the molecule is O=C(N/C=C/C1CCCCC1)Nc1ccc(Cl)c([N+](=O)[O-])c1. The van der Waals surface area contributed by atoms with Crippen LogP contribution in [0.2, 0.25) is 5.02 Å². The number of rotatable bonds is 4. The number of urea groups is 1. The molecule has 7 heteroatoms. The van der Waals surface area contributed by atoms with Gasteiger partial charge in [-0.3, -0.25) is 10.1 Å². The van der Waals surface area contributed by atoms with E-state index in [4.69, 9.17) is 11.6 Å². The smallest absolute Gasteiger partial charge is 0.315 e. The summed E-state index contributed by atoms with van der Waals surface area (Å²) in [4.78, 5) is 21.9. The Balaban J connectivity index is 1.87. The molecule has 0 atom stereocenters. The van der Waals surface area contributed by atoms with Crippen molar-refractivity contribution in [3.8, 4) is 0 Å². The molecule has 1 aliphatic rings. The number of nitrogens with one attached hydrogen (secondary N) is 2. The average molecular weight is 324 g/mol. The highest BCUT2D eigenvalue weighted by Gasteiger charge is 2.14. The summed E-state index contributed by atoms with van der Waals surface area (Å²) in [5.41, 5.74) is 0.0804. The van der Waals surface area contributed by atoms with Gasteiger partial charge in [-0.15, -0.1) is 0 Å². The molecule has 0 aromatic heterocycles. The number of nitro groups is 1. The van der Waals surface area contributed by atoms with E-state index in [1.54, 1.807) is 6.20 Å². The van der Waals surface area contributed by atoms with Crippen molar-refractivity contribution in [2.24, 2.45) is 5.92 Å². The van der Waals surface area contributed by atoms with E-state index in [9.17, 15) is 14.9 Å². The minimum absolute atomic E-state index is 0.0353. The molecule has 0 spiro atoms. The molecule has 0 unspecified atom stereocenters. The normalized spacial score (nSPS) is 15.7. The number of anilines is 1. The van der Waals surface area contributed by atoms with Crippen LogP contribution in [0.3, 0.4) is 0 Å². The Morgan fingerprint density at radius 2 is 2.05 bits per heavy atom. The third-order valence-electron chi connectivity index (χ3n) is 3.63. The second-order valence-corrected chi connectivity index (χ2v) is 5.69. The number of hydrogen-bond acceptors (Lipinski definition) is 3. The average Bonchev–Trinajstić information content (AvgIpc) is 2.50. The Hall–Kier alpha value is -2.08. The van der Waals surface area contributed by atoms with E-state index >= 15 is 0 Å². The van der Waals surface area contributed by atoms with Gasteiger partial charge in [0.2, 0.25) is 0 Å². The van der Waals surface area contributed by atoms with Gasteiger partial charge in [-0.1, -0.05) is 36.9 Å². The van der Waals surface area contributed by atoms with Crippen molar-refractivity contribution >= 4 is 29.0 Å². The first-order valence-corrected chi connectivity index (χ1v) is 7.62. The molecule has 0 radical (unpaired) electrons. The molecule has 1 aromatic rings. The van der Waals surface area contributed by atoms with Crippen LogP contribution in [0, 0.1) is 16.0 Å². The number of nitrogens with zero attached hydrogens (tertiary/aromatic N) is 1. The number of nitro benzene ring substituents is 1. The summed E-state index contributed by atoms with van der Waals surface area (Å²) in [6, 6.07) is 3.68. The van der Waals surface area contributed by atoms with Gasteiger partial charge in [0.15, 0.2) is 0 Å². The Kier molecular flexibility index (Phi) is 5.77. The summed E-state index contributed by atoms with van der Waals surface area (Å²) < 4.78 is 0. The van der Waals surface area contributed by atoms with Crippen molar-refractivity contribution in [2.75, 3.05) is 5.32 Å². The van der Waals surface area contributed by atoms with Crippen LogP contribution in [0.15, 0.2) is 30.5 Å². The molecule has 0 saturated heterocycles. The summed E-state index contributed by atoms with van der Waals surface area (Å²) in [7, 11) is 0. The minimum atomic E-state index is -0.589. The van der Waals surface area contributed by atoms with E-state index in [0.29, 0.717) is 11.6 Å². The van der Waals surface area contributed by atoms with Crippen LogP contribution in [0.1, 0.15) is 32.1 Å². The molecule has 1 fully saturated rings. The van der Waals surface area contributed by atoms with Crippen molar-refractivity contribution in [3.05, 3.63) is 45.6 Å². The summed E-state index contributed by atoms with van der Waals surface area (Å²) >= 11 is 5.72. The zero-order valence-electron chi connectivity index (χ0n) is 12.0. The first-order valence-electron chi connectivity index (χ1n) is 7.24. The number of allylic oxidation sites excluding steroid dienone is 1. The first-order chi connectivity index (χ1) is 10.6. The van der Waals surface area contributed by atoms with Gasteiger partial charge in [0.05, 0.1) is 4.92 Å². The van der Waals surface area contributed by atoms with E-state index in [1.165, 1.54) is 37.5 Å². The third-order valence-corrected chi connectivity index (χ3v) is 3.95. The standard InChI is InChI=1S/C15H18ClN3O3/c16-13-7-6-12(10-14(13)19(21)22)18-15(20)17-9-8-11-4-2-1-3-5-11/h6-11H,1-5H2,(H2,17,18,20)/b9-8+. The highest BCUT2D eigenvalue weighted by atomic mass is 35.5. The topological polar surface area (TPSA) is 84.3 Å². The fraction of sp³-hybridized carbons (Fsp3) is 0.400. The largest absolute Gasteiger partial charge is 0.323 e. The van der Waals surface area contributed by atoms with Gasteiger partial charge in [-0.05, 0) is 30.9 Å². The molecule has 0 aliphatic heterocycles. The number of hydrogen-bond donors (Lipinski definition) is 2. The maximum Gasteiger partial charge on any atom is 0.323 e. The molecular weight excluding hydrogens is 306 g/mol. The van der Waals surface area contributed by atoms with E-state index in [2.05, 4.69) is 10.6 Å². The molecule has 0 heterocycles. The zero-order chi connectivity index (χ0) is 15.9. The lowest BCUT2D eigenvalue weighted by Gasteiger charge is -2.17. The predicted molar refractivity (Wildman–Crippen MR) is 86.0 cm³/mol. The van der Waals surface area contributed by atoms with Crippen LogP contribution < -0.4 is 10.6 Å². The van der Waals surface area contributed by atoms with Crippen molar-refractivity contribution in [1.82, 2.24) is 5.32 Å². The van der Waals surface area contributed by atoms with Crippen molar-refractivity contribution in [1.29, 1.82) is 0 Å². The second kappa shape index (κ2) is 7.79. The number of carbonyl (C=O) groups excluding carboxylic acids is 1. The van der Waals surface area contributed by atoms with Crippen LogP contribution in [0.5, 0.6) is 0 Å². The predicted octanol–water partition coefficient (Wildman–Crippen LogP) is 4.46. The summed E-state index contributed by atoms with van der Waals surface area (Å²) in [6.45, 7) is 0. The maximum atomic E-state index is 11.7. The molecule has 0 bridgehead atoms. The Labute approximate surface area is 133 Å². The van der Waals surface area contributed by atoms with Gasteiger partial charge < -0.3 is 10.6 Å². The molecule has 1 saturated carbocycles. The zero-order valence-corrected chi connectivity index (χ0v) is 12.8. The molecule has 6 nitrogen and oxygen atoms in total. The second-order valence-electron chi connectivity index (χ2n) is 5.28. The highest BCUT2D eigenvalue weighted by Crippen LogP contribution is 2.27. The fourth-order valence-corrected chi connectivity index (χ4v) is 2.67. The lowest BCUT2D eigenvalue weighted by atomic mass is 9.89. The van der Waals surface area contributed by atoms with Gasteiger partial charge in [0.25, 0.3) is 5.69 Å². The Morgan fingerprint density at radius 3 is 2.73 bits per heavy atom. The van der Waals surface area contributed by atoms with Crippen molar-refractivity contribution in [3.63, 3.8) is 0 Å². The molecule has 1 aromatic carbocycles. The fourth-order valence-electron chi connectivity index (χ4n) is 2.48. The summed E-state index contributed by atoms with van der Waals surface area (Å²) in [5.74, 6) is 0.519. The van der Waals surface area contributed by atoms with Gasteiger partial charge in [-0.25, -0.2) is 4.79 Å². The number of benzene rings is 1. The molecule has 118 valence electrons. The minimum Gasteiger partial charge on any atom is -0.315 e. The van der Waals surface area contributed by atoms with E-state index in [-0.39, 0.29) is 10.7 Å². The van der Waals surface area contributed by atoms with Gasteiger partial charge >= 0.3 is 6.03 Å². The maximum absolute atomic E-state index is 11.7. The molecule has 1 aliphatic carbocycles. The van der Waals surface area contributed by atoms with Gasteiger partial charge in [0.1, 0.15) is 5.02 Å². The Morgan fingerprint density at radius 1 is 1.32 bits per heavy atom. The molecule has 22 heavy (non-hydrogen) atoms. The molecule has 2 N–H and O–H groups in total. The molecule has 2 amide bonds. The van der Waals surface area contributed by atoms with Crippen LogP contribution in [0.4, 0.5) is 16.2 Å². The van der Waals surface area contributed by atoms with E-state index < -0.39 is 11.0 Å². The highest BCUT2D eigenvalue weighted by molar-refractivity contribution is 6.32. The van der Waals surface area contributed by atoms with E-state index in [1.807, 2.05) is 6.08 Å². The monoisotopic (exact) mass is 323 g/mol. The molecule has 2 rings (SSSR count). The number of carbonyl (C=O) groups is 1. The van der Waals surface area contributed by atoms with E-state index in [0.717, 1.165) is 12.8 Å². The van der Waals surface area contributed by atoms with Gasteiger partial charge in [0, 0.05) is 18.0 Å². The number of halogens is 1. The van der Waals surface area contributed by atoms with Crippen molar-refractivity contribution in [2.45, 2.75) is 32.1 Å². The van der Waals surface area contributed by atoms with Crippen molar-refractivity contribution < 1.29 is 9.72 Å². The lowest BCUT2D eigenvalue weighted by molar-refractivity contribution is -0.384. The summed E-state index contributed by atoms with van der Waals surface area (Å²) in [6.07, 6.45) is 9.70. The summed E-state index contributed by atoms with van der Waals surface area (Å²) in [5, 5.41) is 16.0. The van der Waals surface area contributed by atoms with Crippen LogP contribution in [-0.4, -0.2) is 11.0 Å². The first kappa shape index (κ1) is 16.3. The van der Waals surface area contributed by atoms with Crippen LogP contribution in [-0.2, 0) is 0 Å². The number of amides is 2. The quantitative estimate of drug-likeness (QED) is 0.633. The van der Waals surface area contributed by atoms with Crippen LogP contribution in [0.25, 0.3) is 0 Å². The molecular formula is C15H18ClN3O3. The van der Waals surface area contributed by atoms with Crippen LogP contribution >= 0.6 is 11.6 Å². The Bertz CT molecular complexity index is 583.